The first-order valence-corrected chi connectivity index (χ1v) is 8.88. The van der Waals surface area contributed by atoms with E-state index in [-0.39, 0.29) is 5.97 Å². The number of methoxy groups -OCH3 is 1. The van der Waals surface area contributed by atoms with E-state index in [9.17, 15) is 27.5 Å². The summed E-state index contributed by atoms with van der Waals surface area (Å²) < 4.78 is 45.5. The molecular formula is C19H19BF4N4O2. The largest absolute Gasteiger partial charge is 0.673 e. The Balaban J connectivity index is 0.000000575. The highest BCUT2D eigenvalue weighted by Gasteiger charge is 2.21. The van der Waals surface area contributed by atoms with Gasteiger partial charge in [0, 0.05) is 24.9 Å². The smallest absolute Gasteiger partial charge is 0.469 e. The second-order valence-corrected chi connectivity index (χ2v) is 6.51. The Kier molecular flexibility index (Phi) is 7.16. The first-order valence-electron chi connectivity index (χ1n) is 8.88. The molecule has 6 nitrogen and oxygen atoms in total. The quantitative estimate of drug-likeness (QED) is 0.243. The molecule has 3 aromatic rings. The minimum absolute atomic E-state index is 0.242. The molecule has 0 aliphatic heterocycles. The highest BCUT2D eigenvalue weighted by atomic mass is 19.5. The number of aromatic nitrogens is 2. The lowest BCUT2D eigenvalue weighted by atomic mass is 9.95. The Labute approximate surface area is 170 Å². The lowest BCUT2D eigenvalue weighted by Crippen LogP contribution is -2.03. The van der Waals surface area contributed by atoms with Gasteiger partial charge in [0.05, 0.1) is 24.4 Å². The van der Waals surface area contributed by atoms with Crippen LogP contribution in [0.1, 0.15) is 17.5 Å². The molecule has 1 heterocycles. The van der Waals surface area contributed by atoms with Crippen molar-refractivity contribution >= 4 is 29.8 Å². The van der Waals surface area contributed by atoms with Gasteiger partial charge >= 0.3 is 18.9 Å². The first kappa shape index (κ1) is 22.9. The van der Waals surface area contributed by atoms with Crippen molar-refractivity contribution < 1.29 is 26.8 Å². The second kappa shape index (κ2) is 9.39. The van der Waals surface area contributed by atoms with Gasteiger partial charge in [-0.05, 0) is 48.2 Å². The van der Waals surface area contributed by atoms with E-state index in [2.05, 4.69) is 10.1 Å². The number of rotatable bonds is 4. The predicted octanol–water partition coefficient (Wildman–Crippen LogP) is 5.44. The molecule has 0 unspecified atom stereocenters. The van der Waals surface area contributed by atoms with Gasteiger partial charge in [-0.1, -0.05) is 6.07 Å². The van der Waals surface area contributed by atoms with Crippen LogP contribution in [0.5, 0.6) is 0 Å². The molecule has 30 heavy (non-hydrogen) atoms. The van der Waals surface area contributed by atoms with E-state index in [1.54, 1.807) is 6.20 Å². The van der Waals surface area contributed by atoms with Gasteiger partial charge < -0.3 is 22.0 Å². The molecule has 0 saturated heterocycles. The molecule has 0 amide bonds. The molecule has 0 fully saturated rings. The zero-order valence-corrected chi connectivity index (χ0v) is 16.6. The summed E-state index contributed by atoms with van der Waals surface area (Å²) >= 11 is 0. The molecule has 0 aliphatic carbocycles. The number of benzene rings is 2. The van der Waals surface area contributed by atoms with Crippen molar-refractivity contribution in [2.45, 2.75) is 19.8 Å². The van der Waals surface area contributed by atoms with Gasteiger partial charge in [0.15, 0.2) is 4.98 Å². The van der Waals surface area contributed by atoms with Crippen molar-refractivity contribution in [2.24, 2.45) is 7.05 Å². The monoisotopic (exact) mass is 422 g/mol. The van der Waals surface area contributed by atoms with Crippen molar-refractivity contribution in [3.05, 3.63) is 52.6 Å². The number of hydrogen-bond acceptors (Lipinski definition) is 4. The van der Waals surface area contributed by atoms with Crippen molar-refractivity contribution in [2.75, 3.05) is 7.11 Å². The van der Waals surface area contributed by atoms with Gasteiger partial charge in [0.1, 0.15) is 0 Å². The van der Waals surface area contributed by atoms with Crippen molar-refractivity contribution in [3.8, 4) is 11.1 Å². The summed E-state index contributed by atoms with van der Waals surface area (Å²) in [5, 5.41) is 14.7. The third-order valence-corrected chi connectivity index (χ3v) is 4.45. The van der Waals surface area contributed by atoms with E-state index in [0.717, 1.165) is 33.2 Å². The zero-order valence-electron chi connectivity index (χ0n) is 16.6. The molecule has 0 bridgehead atoms. The van der Waals surface area contributed by atoms with Crippen LogP contribution in [0.4, 0.5) is 23.0 Å². The average Bonchev–Trinajstić information content (AvgIpc) is 3.05. The third-order valence-electron chi connectivity index (χ3n) is 4.45. The molecule has 11 heteroatoms. The highest BCUT2D eigenvalue weighted by Crippen LogP contribution is 2.35. The molecule has 3 rings (SSSR count). The van der Waals surface area contributed by atoms with E-state index in [0.29, 0.717) is 18.5 Å². The Morgan fingerprint density at radius 1 is 1.23 bits per heavy atom. The van der Waals surface area contributed by atoms with Crippen molar-refractivity contribution in [3.63, 3.8) is 0 Å². The lowest BCUT2D eigenvalue weighted by Gasteiger charge is -2.07. The van der Waals surface area contributed by atoms with Gasteiger partial charge in [-0.25, -0.2) is 0 Å². The number of diazo groups is 1. The number of hydrogen-bond donors (Lipinski definition) is 0. The summed E-state index contributed by atoms with van der Waals surface area (Å²) in [5.74, 6) is -0.242. The summed E-state index contributed by atoms with van der Waals surface area (Å²) in [6.07, 6.45) is 2.70. The van der Waals surface area contributed by atoms with E-state index in [1.807, 2.05) is 49.0 Å². The topological polar surface area (TPSA) is 72.3 Å². The molecule has 0 N–H and O–H groups in total. The van der Waals surface area contributed by atoms with Crippen LogP contribution in [0.3, 0.4) is 0 Å². The van der Waals surface area contributed by atoms with Gasteiger partial charge in [0.2, 0.25) is 5.39 Å². The molecule has 0 atom stereocenters. The number of aryl methyl sites for hydroxylation is 3. The van der Waals surface area contributed by atoms with E-state index >= 15 is 0 Å². The normalized spacial score (nSPS) is 10.9. The summed E-state index contributed by atoms with van der Waals surface area (Å²) in [6.45, 7) is 1.94. The fraction of sp³-hybridized carbons (Fsp3) is 0.263. The molecular weight excluding hydrogens is 403 g/mol. The Morgan fingerprint density at radius 3 is 2.50 bits per heavy atom. The summed E-state index contributed by atoms with van der Waals surface area (Å²) in [4.78, 5) is 14.9. The standard InChI is InChI=1S/C19H19N4O2.BF4/c1-12-8-17(22-20)16(10-13(12)5-7-19(24)25-3)14-4-6-18-15(9-14)11-21-23(18)2;2-1(3,4)5/h4,6,8-11H,5,7H2,1-3H3;/q+1;-1. The molecule has 0 saturated carbocycles. The second-order valence-electron chi connectivity index (χ2n) is 6.51. The number of carbonyl (C=O) groups excluding carboxylic acids is 1. The number of nitrogens with zero attached hydrogens (tertiary/aromatic N) is 4. The molecule has 2 aromatic carbocycles. The summed E-state index contributed by atoms with van der Waals surface area (Å²) in [7, 11) is -2.72. The third kappa shape index (κ3) is 6.04. The highest BCUT2D eigenvalue weighted by molar-refractivity contribution is 6.50. The van der Waals surface area contributed by atoms with Crippen LogP contribution in [0.15, 0.2) is 36.5 Å². The Morgan fingerprint density at radius 2 is 1.90 bits per heavy atom. The number of esters is 1. The maximum absolute atomic E-state index is 11.4. The van der Waals surface area contributed by atoms with Crippen LogP contribution < -0.4 is 0 Å². The fourth-order valence-corrected chi connectivity index (χ4v) is 2.99. The van der Waals surface area contributed by atoms with E-state index in [1.165, 1.54) is 7.11 Å². The molecule has 0 radical (unpaired) electrons. The van der Waals surface area contributed by atoms with Crippen LogP contribution in [-0.4, -0.2) is 30.1 Å². The lowest BCUT2D eigenvalue weighted by molar-refractivity contribution is -0.140. The van der Waals surface area contributed by atoms with Gasteiger partial charge in [-0.3, -0.25) is 9.48 Å². The van der Waals surface area contributed by atoms with Gasteiger partial charge in [-0.15, -0.1) is 0 Å². The minimum Gasteiger partial charge on any atom is -0.469 e. The predicted molar refractivity (Wildman–Crippen MR) is 106 cm³/mol. The van der Waals surface area contributed by atoms with Crippen LogP contribution in [0, 0.1) is 12.3 Å². The first-order chi connectivity index (χ1) is 14.0. The van der Waals surface area contributed by atoms with Crippen LogP contribution in [0.2, 0.25) is 0 Å². The Hall–Kier alpha value is -3.42. The van der Waals surface area contributed by atoms with Gasteiger partial charge in [0.25, 0.3) is 0 Å². The van der Waals surface area contributed by atoms with Crippen LogP contribution in [0.25, 0.3) is 27.0 Å². The SMILES string of the molecule is COC(=O)CCc1cc(-c2ccc3c(cnn3C)c2)c([N+]#N)cc1C.F[B-](F)(F)F. The van der Waals surface area contributed by atoms with E-state index < -0.39 is 7.25 Å². The number of ether oxygens (including phenoxy) is 1. The number of halogens is 4. The Bertz CT molecular complexity index is 1100. The maximum atomic E-state index is 11.4. The minimum atomic E-state index is -6.00. The molecule has 1 aromatic heterocycles. The summed E-state index contributed by atoms with van der Waals surface area (Å²) in [5.41, 5.74) is 5.29. The van der Waals surface area contributed by atoms with Crippen molar-refractivity contribution in [1.82, 2.24) is 9.78 Å². The zero-order chi connectivity index (χ0) is 22.5. The molecule has 0 aliphatic rings. The van der Waals surface area contributed by atoms with Gasteiger partial charge in [-0.2, -0.15) is 5.10 Å². The maximum Gasteiger partial charge on any atom is 0.673 e. The molecule has 0 spiro atoms. The summed E-state index contributed by atoms with van der Waals surface area (Å²) in [6, 6.07) is 9.80. The number of fused-ring (bicyclic) bond motifs is 1. The molecule has 158 valence electrons. The average molecular weight is 422 g/mol. The number of carbonyl (C=O) groups is 1. The van der Waals surface area contributed by atoms with Crippen molar-refractivity contribution in [1.29, 1.82) is 5.39 Å². The fourth-order valence-electron chi connectivity index (χ4n) is 2.99. The van der Waals surface area contributed by atoms with Crippen LogP contribution >= 0.6 is 0 Å². The van der Waals surface area contributed by atoms with Crippen LogP contribution in [-0.2, 0) is 23.0 Å². The van der Waals surface area contributed by atoms with E-state index in [4.69, 9.17) is 4.74 Å².